The topological polar surface area (TPSA) is 16.1 Å². The summed E-state index contributed by atoms with van der Waals surface area (Å²) < 4.78 is 0. The Morgan fingerprint density at radius 3 is 2.04 bits per heavy atom. The van der Waals surface area contributed by atoms with Crippen LogP contribution in [-0.2, 0) is 6.54 Å². The Hall–Kier alpha value is -2.45. The first-order valence-corrected chi connectivity index (χ1v) is 9.92. The number of hydrogen-bond donors (Lipinski definition) is 0. The van der Waals surface area contributed by atoms with Crippen molar-refractivity contribution in [2.24, 2.45) is 5.41 Å². The molecule has 0 saturated carbocycles. The number of aromatic nitrogens is 1. The van der Waals surface area contributed by atoms with Crippen molar-refractivity contribution in [3.8, 4) is 22.3 Å². The van der Waals surface area contributed by atoms with E-state index in [4.69, 9.17) is 0 Å². The Labute approximate surface area is 162 Å². The van der Waals surface area contributed by atoms with Crippen molar-refractivity contribution >= 4 is 0 Å². The van der Waals surface area contributed by atoms with Gasteiger partial charge in [-0.25, -0.2) is 0 Å². The molecule has 0 atom stereocenters. The molecule has 1 saturated heterocycles. The van der Waals surface area contributed by atoms with Crippen LogP contribution in [0.1, 0.15) is 32.4 Å². The molecule has 0 spiro atoms. The van der Waals surface area contributed by atoms with E-state index >= 15 is 0 Å². The van der Waals surface area contributed by atoms with E-state index < -0.39 is 0 Å². The van der Waals surface area contributed by atoms with Gasteiger partial charge in [-0.2, -0.15) is 0 Å². The number of hydrogen-bond acceptors (Lipinski definition) is 2. The van der Waals surface area contributed by atoms with Crippen LogP contribution in [0.15, 0.2) is 72.9 Å². The molecule has 1 aliphatic rings. The normalized spacial score (nSPS) is 17.0. The second-order valence-corrected chi connectivity index (χ2v) is 8.42. The largest absolute Gasteiger partial charge is 0.297 e. The van der Waals surface area contributed by atoms with Gasteiger partial charge in [-0.1, -0.05) is 68.4 Å². The molecule has 0 radical (unpaired) electrons. The fourth-order valence-corrected chi connectivity index (χ4v) is 3.78. The molecule has 1 fully saturated rings. The van der Waals surface area contributed by atoms with E-state index in [1.807, 2.05) is 6.20 Å². The predicted molar refractivity (Wildman–Crippen MR) is 113 cm³/mol. The van der Waals surface area contributed by atoms with Crippen LogP contribution in [0.3, 0.4) is 0 Å². The summed E-state index contributed by atoms with van der Waals surface area (Å²) in [6, 6.07) is 23.7. The number of piperidine rings is 1. The van der Waals surface area contributed by atoms with Crippen LogP contribution in [0.2, 0.25) is 0 Å². The zero-order chi connectivity index (χ0) is 18.7. The number of likely N-dealkylation sites (tertiary alicyclic amines) is 1. The van der Waals surface area contributed by atoms with Crippen LogP contribution in [0.25, 0.3) is 22.3 Å². The van der Waals surface area contributed by atoms with Crippen molar-refractivity contribution < 1.29 is 0 Å². The zero-order valence-corrected chi connectivity index (χ0v) is 16.4. The third-order valence-corrected chi connectivity index (χ3v) is 5.74. The molecule has 4 rings (SSSR count). The van der Waals surface area contributed by atoms with Crippen LogP contribution < -0.4 is 0 Å². The lowest BCUT2D eigenvalue weighted by Gasteiger charge is -2.36. The standard InChI is InChI=1S/C25H28N2/c1-25(2)13-16-27(17-14-25)19-24-18-23(12-15-26-24)22-10-8-21(9-11-22)20-6-4-3-5-7-20/h3-12,15,18H,13-14,16-17,19H2,1-2H3. The molecule has 2 heteroatoms. The van der Waals surface area contributed by atoms with E-state index in [0.29, 0.717) is 5.41 Å². The van der Waals surface area contributed by atoms with Crippen molar-refractivity contribution in [1.29, 1.82) is 0 Å². The highest BCUT2D eigenvalue weighted by Crippen LogP contribution is 2.30. The molecule has 0 aliphatic carbocycles. The fraction of sp³-hybridized carbons (Fsp3) is 0.320. The summed E-state index contributed by atoms with van der Waals surface area (Å²) in [5, 5.41) is 0. The Kier molecular flexibility index (Phi) is 5.09. The highest BCUT2D eigenvalue weighted by molar-refractivity contribution is 5.70. The molecule has 0 bridgehead atoms. The Morgan fingerprint density at radius 2 is 1.37 bits per heavy atom. The van der Waals surface area contributed by atoms with Crippen molar-refractivity contribution in [3.63, 3.8) is 0 Å². The van der Waals surface area contributed by atoms with Crippen molar-refractivity contribution in [2.45, 2.75) is 33.2 Å². The van der Waals surface area contributed by atoms with Crippen LogP contribution in [0, 0.1) is 5.41 Å². The van der Waals surface area contributed by atoms with Gasteiger partial charge in [0, 0.05) is 12.7 Å². The Balaban J connectivity index is 1.48. The molecular formula is C25H28N2. The third kappa shape index (κ3) is 4.45. The van der Waals surface area contributed by atoms with Gasteiger partial charge >= 0.3 is 0 Å². The molecule has 2 nitrogen and oxygen atoms in total. The predicted octanol–water partition coefficient (Wildman–Crippen LogP) is 6.04. The van der Waals surface area contributed by atoms with E-state index in [2.05, 4.69) is 90.5 Å². The Morgan fingerprint density at radius 1 is 0.778 bits per heavy atom. The second kappa shape index (κ2) is 7.66. The Bertz CT molecular complexity index is 872. The number of rotatable bonds is 4. The van der Waals surface area contributed by atoms with Crippen LogP contribution in [-0.4, -0.2) is 23.0 Å². The van der Waals surface area contributed by atoms with Crippen LogP contribution in [0.5, 0.6) is 0 Å². The van der Waals surface area contributed by atoms with E-state index in [-0.39, 0.29) is 0 Å². The minimum Gasteiger partial charge on any atom is -0.297 e. The monoisotopic (exact) mass is 356 g/mol. The maximum absolute atomic E-state index is 4.62. The molecule has 27 heavy (non-hydrogen) atoms. The SMILES string of the molecule is CC1(C)CCN(Cc2cc(-c3ccc(-c4ccccc4)cc3)ccn2)CC1. The molecule has 0 amide bonds. The van der Waals surface area contributed by atoms with Crippen LogP contribution >= 0.6 is 0 Å². The first-order valence-electron chi connectivity index (χ1n) is 9.92. The highest BCUT2D eigenvalue weighted by Gasteiger charge is 2.25. The minimum atomic E-state index is 0.492. The summed E-state index contributed by atoms with van der Waals surface area (Å²) in [5.74, 6) is 0. The maximum atomic E-state index is 4.62. The first-order chi connectivity index (χ1) is 13.1. The molecule has 138 valence electrons. The summed E-state index contributed by atoms with van der Waals surface area (Å²) in [7, 11) is 0. The highest BCUT2D eigenvalue weighted by atomic mass is 15.1. The van der Waals surface area contributed by atoms with Gasteiger partial charge < -0.3 is 0 Å². The summed E-state index contributed by atoms with van der Waals surface area (Å²) >= 11 is 0. The smallest absolute Gasteiger partial charge is 0.0550 e. The van der Waals surface area contributed by atoms with Crippen molar-refractivity contribution in [1.82, 2.24) is 9.88 Å². The van der Waals surface area contributed by atoms with Gasteiger partial charge in [0.05, 0.1) is 5.69 Å². The summed E-state index contributed by atoms with van der Waals surface area (Å²) in [6.45, 7) is 8.05. The molecule has 0 unspecified atom stereocenters. The van der Waals surface area contributed by atoms with Gasteiger partial charge in [-0.05, 0) is 65.7 Å². The van der Waals surface area contributed by atoms with Crippen molar-refractivity contribution in [3.05, 3.63) is 78.6 Å². The van der Waals surface area contributed by atoms with Crippen molar-refractivity contribution in [2.75, 3.05) is 13.1 Å². The third-order valence-electron chi connectivity index (χ3n) is 5.74. The first kappa shape index (κ1) is 17.9. The maximum Gasteiger partial charge on any atom is 0.0550 e. The van der Waals surface area contributed by atoms with E-state index in [1.54, 1.807) is 0 Å². The molecule has 2 aromatic carbocycles. The molecule has 1 aliphatic heterocycles. The average Bonchev–Trinajstić information content (AvgIpc) is 2.71. The summed E-state index contributed by atoms with van der Waals surface area (Å²) in [6.07, 6.45) is 4.49. The number of nitrogens with zero attached hydrogens (tertiary/aromatic N) is 2. The summed E-state index contributed by atoms with van der Waals surface area (Å²) in [5.41, 5.74) is 6.66. The molecular weight excluding hydrogens is 328 g/mol. The van der Waals surface area contributed by atoms with E-state index in [9.17, 15) is 0 Å². The van der Waals surface area contributed by atoms with Gasteiger partial charge in [-0.15, -0.1) is 0 Å². The number of benzene rings is 2. The zero-order valence-electron chi connectivity index (χ0n) is 16.4. The van der Waals surface area contributed by atoms with Crippen LogP contribution in [0.4, 0.5) is 0 Å². The quantitative estimate of drug-likeness (QED) is 0.567. The average molecular weight is 357 g/mol. The van der Waals surface area contributed by atoms with E-state index in [0.717, 1.165) is 6.54 Å². The lowest BCUT2D eigenvalue weighted by Crippen LogP contribution is -2.36. The second-order valence-electron chi connectivity index (χ2n) is 8.42. The van der Waals surface area contributed by atoms with Gasteiger partial charge in [0.25, 0.3) is 0 Å². The molecule has 3 aromatic rings. The van der Waals surface area contributed by atoms with Gasteiger partial charge in [0.1, 0.15) is 0 Å². The molecule has 1 aromatic heterocycles. The summed E-state index contributed by atoms with van der Waals surface area (Å²) in [4.78, 5) is 7.16. The molecule has 0 N–H and O–H groups in total. The van der Waals surface area contributed by atoms with Gasteiger partial charge in [0.2, 0.25) is 0 Å². The van der Waals surface area contributed by atoms with Gasteiger partial charge in [0.15, 0.2) is 0 Å². The van der Waals surface area contributed by atoms with E-state index in [1.165, 1.54) is 53.9 Å². The number of pyridine rings is 1. The molecule has 2 heterocycles. The van der Waals surface area contributed by atoms with Gasteiger partial charge in [-0.3, -0.25) is 9.88 Å². The lowest BCUT2D eigenvalue weighted by molar-refractivity contribution is 0.126. The lowest BCUT2D eigenvalue weighted by atomic mass is 9.82. The minimum absolute atomic E-state index is 0.492. The fourth-order valence-electron chi connectivity index (χ4n) is 3.78.